The van der Waals surface area contributed by atoms with Gasteiger partial charge in [0.2, 0.25) is 0 Å². The van der Waals surface area contributed by atoms with E-state index in [0.717, 1.165) is 37.1 Å². The van der Waals surface area contributed by atoms with Gasteiger partial charge in [-0.3, -0.25) is 9.59 Å². The van der Waals surface area contributed by atoms with Crippen molar-refractivity contribution >= 4 is 18.0 Å². The van der Waals surface area contributed by atoms with Gasteiger partial charge in [0.25, 0.3) is 11.8 Å². The molecule has 1 N–H and O–H groups in total. The van der Waals surface area contributed by atoms with Gasteiger partial charge in [0.05, 0.1) is 6.21 Å². The van der Waals surface area contributed by atoms with Crippen molar-refractivity contribution in [1.29, 1.82) is 0 Å². The third-order valence-electron chi connectivity index (χ3n) is 4.64. The maximum absolute atomic E-state index is 12.1. The number of likely N-dealkylation sites (tertiary alicyclic amines) is 1. The van der Waals surface area contributed by atoms with E-state index in [2.05, 4.69) is 10.5 Å². The van der Waals surface area contributed by atoms with E-state index in [0.29, 0.717) is 11.3 Å². The fraction of sp³-hybridized carbons (Fsp3) is 0.318. The van der Waals surface area contributed by atoms with Gasteiger partial charge in [-0.1, -0.05) is 17.7 Å². The minimum Gasteiger partial charge on any atom is -0.484 e. The molecule has 0 spiro atoms. The Morgan fingerprint density at radius 2 is 1.71 bits per heavy atom. The lowest BCUT2D eigenvalue weighted by Crippen LogP contribution is -2.38. The Bertz CT molecular complexity index is 823. The third kappa shape index (κ3) is 5.67. The van der Waals surface area contributed by atoms with Crippen LogP contribution in [0.5, 0.6) is 5.75 Å². The number of amides is 2. The molecule has 0 aromatic heterocycles. The van der Waals surface area contributed by atoms with Gasteiger partial charge in [0.15, 0.2) is 6.61 Å². The molecule has 0 atom stereocenters. The number of nitrogens with zero attached hydrogens (tertiary/aromatic N) is 2. The average molecular weight is 379 g/mol. The first-order chi connectivity index (χ1) is 13.6. The van der Waals surface area contributed by atoms with Gasteiger partial charge in [-0.2, -0.15) is 5.10 Å². The molecular formula is C22H25N3O3. The Morgan fingerprint density at radius 3 is 2.39 bits per heavy atom. The Labute approximate surface area is 165 Å². The van der Waals surface area contributed by atoms with Crippen molar-refractivity contribution in [1.82, 2.24) is 10.3 Å². The van der Waals surface area contributed by atoms with Crippen molar-refractivity contribution in [2.75, 3.05) is 19.7 Å². The molecule has 0 radical (unpaired) electrons. The monoisotopic (exact) mass is 379 g/mol. The SMILES string of the molecule is Cc1ccc(C(=O)N/N=C\c2ccc(OCC(=O)N3CCCCC3)cc2)cc1. The van der Waals surface area contributed by atoms with E-state index in [1.54, 1.807) is 30.5 Å². The summed E-state index contributed by atoms with van der Waals surface area (Å²) in [6, 6.07) is 14.5. The standard InChI is InChI=1S/C22H25N3O3/c1-17-5-9-19(10-6-17)22(27)24-23-15-18-7-11-20(12-8-18)28-16-21(26)25-13-3-2-4-14-25/h5-12,15H,2-4,13-14,16H2,1H3,(H,24,27)/b23-15-. The zero-order valence-electron chi connectivity index (χ0n) is 16.1. The maximum atomic E-state index is 12.1. The Kier molecular flexibility index (Phi) is 6.78. The highest BCUT2D eigenvalue weighted by molar-refractivity contribution is 5.94. The van der Waals surface area contributed by atoms with E-state index < -0.39 is 0 Å². The molecule has 1 fully saturated rings. The van der Waals surface area contributed by atoms with Gasteiger partial charge < -0.3 is 9.64 Å². The van der Waals surface area contributed by atoms with Crippen molar-refractivity contribution in [3.8, 4) is 5.75 Å². The molecular weight excluding hydrogens is 354 g/mol. The Hall–Kier alpha value is -3.15. The Morgan fingerprint density at radius 1 is 1.04 bits per heavy atom. The van der Waals surface area contributed by atoms with Gasteiger partial charge in [-0.25, -0.2) is 5.43 Å². The summed E-state index contributed by atoms with van der Waals surface area (Å²) in [4.78, 5) is 26.0. The molecule has 6 heteroatoms. The number of hydrogen-bond acceptors (Lipinski definition) is 4. The molecule has 2 aromatic rings. The Balaban J connectivity index is 1.45. The van der Waals surface area contributed by atoms with E-state index in [4.69, 9.17) is 4.74 Å². The highest BCUT2D eigenvalue weighted by Gasteiger charge is 2.16. The largest absolute Gasteiger partial charge is 0.484 e. The molecule has 0 aliphatic carbocycles. The van der Waals surface area contributed by atoms with Gasteiger partial charge in [0, 0.05) is 18.7 Å². The zero-order valence-corrected chi connectivity index (χ0v) is 16.1. The van der Waals surface area contributed by atoms with Gasteiger partial charge in [-0.15, -0.1) is 0 Å². The van der Waals surface area contributed by atoms with Crippen LogP contribution in [0.3, 0.4) is 0 Å². The van der Waals surface area contributed by atoms with E-state index in [1.807, 2.05) is 36.1 Å². The summed E-state index contributed by atoms with van der Waals surface area (Å²) in [5.41, 5.74) is 4.98. The molecule has 1 heterocycles. The highest BCUT2D eigenvalue weighted by atomic mass is 16.5. The number of benzene rings is 2. The van der Waals surface area contributed by atoms with Crippen LogP contribution in [0, 0.1) is 6.92 Å². The molecule has 0 bridgehead atoms. The number of hydrogen-bond donors (Lipinski definition) is 1. The van der Waals surface area contributed by atoms with Crippen LogP contribution in [0.4, 0.5) is 0 Å². The average Bonchev–Trinajstić information content (AvgIpc) is 2.74. The van der Waals surface area contributed by atoms with Crippen molar-refractivity contribution < 1.29 is 14.3 Å². The molecule has 0 saturated carbocycles. The second kappa shape index (κ2) is 9.69. The molecule has 28 heavy (non-hydrogen) atoms. The van der Waals surface area contributed by atoms with Crippen LogP contribution in [0.2, 0.25) is 0 Å². The lowest BCUT2D eigenvalue weighted by Gasteiger charge is -2.26. The van der Waals surface area contributed by atoms with Crippen molar-refractivity contribution in [2.45, 2.75) is 26.2 Å². The third-order valence-corrected chi connectivity index (χ3v) is 4.64. The second-order valence-electron chi connectivity index (χ2n) is 6.86. The summed E-state index contributed by atoms with van der Waals surface area (Å²) in [5.74, 6) is 0.405. The molecule has 146 valence electrons. The second-order valence-corrected chi connectivity index (χ2v) is 6.86. The van der Waals surface area contributed by atoms with E-state index >= 15 is 0 Å². The van der Waals surface area contributed by atoms with E-state index in [9.17, 15) is 9.59 Å². The zero-order chi connectivity index (χ0) is 19.8. The fourth-order valence-corrected chi connectivity index (χ4v) is 2.96. The van der Waals surface area contributed by atoms with E-state index in [-0.39, 0.29) is 18.4 Å². The topological polar surface area (TPSA) is 71.0 Å². The number of carbonyl (C=O) groups excluding carboxylic acids is 2. The molecule has 2 amide bonds. The number of piperidine rings is 1. The van der Waals surface area contributed by atoms with Crippen molar-refractivity contribution in [3.05, 3.63) is 65.2 Å². The summed E-state index contributed by atoms with van der Waals surface area (Å²) in [6.07, 6.45) is 4.90. The first-order valence-corrected chi connectivity index (χ1v) is 9.52. The maximum Gasteiger partial charge on any atom is 0.271 e. The number of carbonyl (C=O) groups is 2. The summed E-state index contributed by atoms with van der Waals surface area (Å²) in [5, 5.41) is 3.98. The lowest BCUT2D eigenvalue weighted by atomic mass is 10.1. The van der Waals surface area contributed by atoms with Crippen molar-refractivity contribution in [3.63, 3.8) is 0 Å². The summed E-state index contributed by atoms with van der Waals surface area (Å²) < 4.78 is 5.58. The number of nitrogens with one attached hydrogen (secondary N) is 1. The first-order valence-electron chi connectivity index (χ1n) is 9.52. The van der Waals surface area contributed by atoms with Crippen LogP contribution in [0.25, 0.3) is 0 Å². The minimum atomic E-state index is -0.257. The molecule has 2 aromatic carbocycles. The summed E-state index contributed by atoms with van der Waals surface area (Å²) >= 11 is 0. The van der Waals surface area contributed by atoms with E-state index in [1.165, 1.54) is 6.42 Å². The first kappa shape index (κ1) is 19.6. The van der Waals surface area contributed by atoms with Crippen LogP contribution in [0.15, 0.2) is 53.6 Å². The summed E-state index contributed by atoms with van der Waals surface area (Å²) in [6.45, 7) is 3.68. The number of aryl methyl sites for hydroxylation is 1. The number of ether oxygens (including phenoxy) is 1. The quantitative estimate of drug-likeness (QED) is 0.619. The lowest BCUT2D eigenvalue weighted by molar-refractivity contribution is -0.134. The molecule has 3 rings (SSSR count). The summed E-state index contributed by atoms with van der Waals surface area (Å²) in [7, 11) is 0. The smallest absolute Gasteiger partial charge is 0.271 e. The fourth-order valence-electron chi connectivity index (χ4n) is 2.96. The van der Waals surface area contributed by atoms with Crippen LogP contribution in [-0.4, -0.2) is 42.6 Å². The highest BCUT2D eigenvalue weighted by Crippen LogP contribution is 2.13. The normalized spacial score (nSPS) is 14.1. The number of rotatable bonds is 6. The molecule has 1 saturated heterocycles. The van der Waals surface area contributed by atoms with Crippen LogP contribution >= 0.6 is 0 Å². The van der Waals surface area contributed by atoms with Gasteiger partial charge >= 0.3 is 0 Å². The molecule has 6 nitrogen and oxygen atoms in total. The van der Waals surface area contributed by atoms with Gasteiger partial charge in [0.1, 0.15) is 5.75 Å². The van der Waals surface area contributed by atoms with Gasteiger partial charge in [-0.05, 0) is 68.1 Å². The van der Waals surface area contributed by atoms with Crippen LogP contribution < -0.4 is 10.2 Å². The molecule has 1 aliphatic heterocycles. The minimum absolute atomic E-state index is 0.0316. The predicted molar refractivity (Wildman–Crippen MR) is 109 cm³/mol. The number of hydrazone groups is 1. The predicted octanol–water partition coefficient (Wildman–Crippen LogP) is 3.15. The molecule has 1 aliphatic rings. The van der Waals surface area contributed by atoms with Crippen LogP contribution in [0.1, 0.15) is 40.7 Å². The van der Waals surface area contributed by atoms with Crippen molar-refractivity contribution in [2.24, 2.45) is 5.10 Å². The molecule has 0 unspecified atom stereocenters. The van der Waals surface area contributed by atoms with Crippen LogP contribution in [-0.2, 0) is 4.79 Å².